The molecule has 1 fully saturated rings. The Morgan fingerprint density at radius 3 is 2.50 bits per heavy atom. The van der Waals surface area contributed by atoms with Crippen molar-refractivity contribution >= 4 is 21.1 Å². The number of rotatable bonds is 4. The van der Waals surface area contributed by atoms with Gasteiger partial charge in [-0.25, -0.2) is 13.4 Å². The molecular weight excluding hydrogens is 370 g/mol. The molecule has 148 valence electrons. The standard InChI is InChI=1S/C22H27N3O2S/c1-17-23-20-7-4-5-8-21(20)25(17)15-18-9-11-19(12-10-18)28(26,27)24-14-6-13-22(2,3)16-24/h4-5,7-12H,6,13-16H2,1-3H3. The van der Waals surface area contributed by atoms with Gasteiger partial charge in [-0.05, 0) is 55.0 Å². The van der Waals surface area contributed by atoms with Gasteiger partial charge in [0.25, 0.3) is 0 Å². The lowest BCUT2D eigenvalue weighted by molar-refractivity contribution is 0.187. The first-order chi connectivity index (χ1) is 13.3. The van der Waals surface area contributed by atoms with Crippen LogP contribution in [0.4, 0.5) is 0 Å². The molecule has 0 aliphatic carbocycles. The number of hydrogen-bond acceptors (Lipinski definition) is 3. The predicted octanol–water partition coefficient (Wildman–Crippen LogP) is 4.20. The Balaban J connectivity index is 1.58. The van der Waals surface area contributed by atoms with Gasteiger partial charge in [0.05, 0.1) is 15.9 Å². The van der Waals surface area contributed by atoms with Crippen molar-refractivity contribution in [1.29, 1.82) is 0 Å². The zero-order valence-corrected chi connectivity index (χ0v) is 17.5. The van der Waals surface area contributed by atoms with Crippen molar-refractivity contribution in [2.45, 2.75) is 45.1 Å². The molecule has 28 heavy (non-hydrogen) atoms. The molecule has 2 aromatic carbocycles. The van der Waals surface area contributed by atoms with E-state index in [-0.39, 0.29) is 5.41 Å². The largest absolute Gasteiger partial charge is 0.324 e. The highest BCUT2D eigenvalue weighted by Gasteiger charge is 2.34. The maximum absolute atomic E-state index is 13.0. The van der Waals surface area contributed by atoms with Gasteiger partial charge in [0.1, 0.15) is 5.82 Å². The number of nitrogens with zero attached hydrogens (tertiary/aromatic N) is 3. The summed E-state index contributed by atoms with van der Waals surface area (Å²) < 4.78 is 29.9. The average molecular weight is 398 g/mol. The van der Waals surface area contributed by atoms with Crippen LogP contribution in [0.3, 0.4) is 0 Å². The summed E-state index contributed by atoms with van der Waals surface area (Å²) in [5, 5.41) is 0. The quantitative estimate of drug-likeness (QED) is 0.663. The molecule has 0 unspecified atom stereocenters. The minimum absolute atomic E-state index is 0.0330. The number of sulfonamides is 1. The van der Waals surface area contributed by atoms with E-state index in [1.165, 1.54) is 0 Å². The Kier molecular flexibility index (Phi) is 4.79. The number of para-hydroxylation sites is 2. The van der Waals surface area contributed by atoms with Gasteiger partial charge in [0.2, 0.25) is 10.0 Å². The minimum Gasteiger partial charge on any atom is -0.324 e. The number of aryl methyl sites for hydroxylation is 1. The summed E-state index contributed by atoms with van der Waals surface area (Å²) >= 11 is 0. The van der Waals surface area contributed by atoms with E-state index >= 15 is 0 Å². The summed E-state index contributed by atoms with van der Waals surface area (Å²) in [6, 6.07) is 15.4. The first kappa shape index (κ1) is 19.2. The van der Waals surface area contributed by atoms with Crippen LogP contribution in [0.2, 0.25) is 0 Å². The summed E-state index contributed by atoms with van der Waals surface area (Å²) in [4.78, 5) is 4.98. The van der Waals surface area contributed by atoms with E-state index in [0.29, 0.717) is 24.5 Å². The number of aromatic nitrogens is 2. The van der Waals surface area contributed by atoms with Gasteiger partial charge in [0, 0.05) is 19.6 Å². The molecule has 1 aromatic heterocycles. The number of imidazole rings is 1. The SMILES string of the molecule is Cc1nc2ccccc2n1Cc1ccc(S(=O)(=O)N2CCCC(C)(C)C2)cc1. The number of fused-ring (bicyclic) bond motifs is 1. The summed E-state index contributed by atoms with van der Waals surface area (Å²) in [7, 11) is -3.44. The molecule has 0 amide bonds. The maximum Gasteiger partial charge on any atom is 0.243 e. The summed E-state index contributed by atoms with van der Waals surface area (Å²) in [6.07, 6.45) is 1.98. The Morgan fingerprint density at radius 2 is 1.79 bits per heavy atom. The van der Waals surface area contributed by atoms with Gasteiger partial charge in [-0.3, -0.25) is 0 Å². The fourth-order valence-corrected chi connectivity index (χ4v) is 5.74. The molecule has 0 atom stereocenters. The molecule has 0 bridgehead atoms. The van der Waals surface area contributed by atoms with E-state index in [0.717, 1.165) is 35.3 Å². The van der Waals surface area contributed by atoms with Gasteiger partial charge >= 0.3 is 0 Å². The number of piperidine rings is 1. The van der Waals surface area contributed by atoms with E-state index in [2.05, 4.69) is 29.5 Å². The van der Waals surface area contributed by atoms with E-state index in [4.69, 9.17) is 0 Å². The molecule has 5 nitrogen and oxygen atoms in total. The van der Waals surface area contributed by atoms with Crippen molar-refractivity contribution in [2.24, 2.45) is 5.41 Å². The molecule has 0 N–H and O–H groups in total. The van der Waals surface area contributed by atoms with Crippen LogP contribution in [0.15, 0.2) is 53.4 Å². The molecule has 1 aliphatic heterocycles. The van der Waals surface area contributed by atoms with Crippen LogP contribution in [0, 0.1) is 12.3 Å². The lowest BCUT2D eigenvalue weighted by atomic mass is 9.85. The van der Waals surface area contributed by atoms with Gasteiger partial charge in [0.15, 0.2) is 0 Å². The zero-order chi connectivity index (χ0) is 19.9. The smallest absolute Gasteiger partial charge is 0.243 e. The topological polar surface area (TPSA) is 55.2 Å². The Morgan fingerprint density at radius 1 is 1.07 bits per heavy atom. The van der Waals surface area contributed by atoms with Gasteiger partial charge < -0.3 is 4.57 Å². The van der Waals surface area contributed by atoms with E-state index < -0.39 is 10.0 Å². The Bertz CT molecular complexity index is 1100. The van der Waals surface area contributed by atoms with Crippen LogP contribution in [0.5, 0.6) is 0 Å². The van der Waals surface area contributed by atoms with Crippen LogP contribution < -0.4 is 0 Å². The first-order valence-electron chi connectivity index (χ1n) is 9.77. The summed E-state index contributed by atoms with van der Waals surface area (Å²) in [5.74, 6) is 0.952. The van der Waals surface area contributed by atoms with Crippen molar-refractivity contribution < 1.29 is 8.42 Å². The second-order valence-electron chi connectivity index (χ2n) is 8.48. The van der Waals surface area contributed by atoms with Crippen LogP contribution in [-0.2, 0) is 16.6 Å². The predicted molar refractivity (Wildman–Crippen MR) is 112 cm³/mol. The van der Waals surface area contributed by atoms with Crippen molar-refractivity contribution in [1.82, 2.24) is 13.9 Å². The number of benzene rings is 2. The third kappa shape index (κ3) is 3.59. The Labute approximate surface area is 167 Å². The van der Waals surface area contributed by atoms with Crippen molar-refractivity contribution in [3.8, 4) is 0 Å². The molecule has 6 heteroatoms. The highest BCUT2D eigenvalue weighted by Crippen LogP contribution is 2.32. The van der Waals surface area contributed by atoms with Crippen molar-refractivity contribution in [3.05, 3.63) is 59.9 Å². The van der Waals surface area contributed by atoms with Crippen LogP contribution in [0.1, 0.15) is 38.1 Å². The molecule has 0 spiro atoms. The molecule has 3 aromatic rings. The fourth-order valence-electron chi connectivity index (χ4n) is 4.07. The lowest BCUT2D eigenvalue weighted by Gasteiger charge is -2.37. The minimum atomic E-state index is -3.44. The lowest BCUT2D eigenvalue weighted by Crippen LogP contribution is -2.43. The number of hydrogen-bond donors (Lipinski definition) is 0. The van der Waals surface area contributed by atoms with Crippen molar-refractivity contribution in [3.63, 3.8) is 0 Å². The highest BCUT2D eigenvalue weighted by molar-refractivity contribution is 7.89. The van der Waals surface area contributed by atoms with Crippen LogP contribution >= 0.6 is 0 Å². The van der Waals surface area contributed by atoms with Gasteiger partial charge in [-0.2, -0.15) is 4.31 Å². The van der Waals surface area contributed by atoms with Gasteiger partial charge in [-0.1, -0.05) is 38.1 Å². The van der Waals surface area contributed by atoms with Gasteiger partial charge in [-0.15, -0.1) is 0 Å². The molecule has 0 radical (unpaired) electrons. The van der Waals surface area contributed by atoms with E-state index in [9.17, 15) is 8.42 Å². The van der Waals surface area contributed by atoms with Crippen molar-refractivity contribution in [2.75, 3.05) is 13.1 Å². The molecule has 2 heterocycles. The second-order valence-corrected chi connectivity index (χ2v) is 10.4. The fraction of sp³-hybridized carbons (Fsp3) is 0.409. The first-order valence-corrected chi connectivity index (χ1v) is 11.2. The van der Waals surface area contributed by atoms with E-state index in [1.807, 2.05) is 37.3 Å². The Hall–Kier alpha value is -2.18. The highest BCUT2D eigenvalue weighted by atomic mass is 32.2. The molecule has 4 rings (SSSR count). The van der Waals surface area contributed by atoms with E-state index in [1.54, 1.807) is 16.4 Å². The van der Waals surface area contributed by atoms with Crippen LogP contribution in [0.25, 0.3) is 11.0 Å². The molecule has 1 aliphatic rings. The van der Waals surface area contributed by atoms with Crippen LogP contribution in [-0.4, -0.2) is 35.4 Å². The monoisotopic (exact) mass is 397 g/mol. The summed E-state index contributed by atoms with van der Waals surface area (Å²) in [5.41, 5.74) is 3.16. The maximum atomic E-state index is 13.0. The third-order valence-electron chi connectivity index (χ3n) is 5.61. The second kappa shape index (κ2) is 7.01. The molecule has 0 saturated carbocycles. The summed E-state index contributed by atoms with van der Waals surface area (Å²) in [6.45, 7) is 8.12. The average Bonchev–Trinajstić information content (AvgIpc) is 2.97. The molecule has 1 saturated heterocycles. The normalized spacial score (nSPS) is 17.8. The zero-order valence-electron chi connectivity index (χ0n) is 16.7. The molecular formula is C22H27N3O2S. The third-order valence-corrected chi connectivity index (χ3v) is 7.47.